The van der Waals surface area contributed by atoms with Crippen LogP contribution in [0.5, 0.6) is 0 Å². The zero-order valence-electron chi connectivity index (χ0n) is 21.5. The molecule has 1 aromatic heterocycles. The van der Waals surface area contributed by atoms with Crippen LogP contribution in [0.15, 0.2) is 36.4 Å². The number of hydrogen-bond acceptors (Lipinski definition) is 3. The fourth-order valence-corrected chi connectivity index (χ4v) is 5.83. The number of fused-ring (bicyclic) bond motifs is 1. The first kappa shape index (κ1) is 24.3. The van der Waals surface area contributed by atoms with Gasteiger partial charge in [-0.25, -0.2) is 4.98 Å². The summed E-state index contributed by atoms with van der Waals surface area (Å²) in [6, 6.07) is 13.3. The summed E-state index contributed by atoms with van der Waals surface area (Å²) in [4.78, 5) is 16.2. The van der Waals surface area contributed by atoms with Gasteiger partial charge in [0, 0.05) is 18.2 Å². The van der Waals surface area contributed by atoms with Crippen molar-refractivity contribution in [3.8, 4) is 0 Å². The zero-order valence-corrected chi connectivity index (χ0v) is 21.5. The lowest BCUT2D eigenvalue weighted by Gasteiger charge is -2.40. The Balaban J connectivity index is 1.78. The maximum atomic E-state index is 11.1. The van der Waals surface area contributed by atoms with Gasteiger partial charge in [-0.2, -0.15) is 0 Å². The fraction of sp³-hybridized carbons (Fsp3) is 0.517. The van der Waals surface area contributed by atoms with Crippen LogP contribution in [-0.2, 0) is 11.2 Å². The molecule has 0 unspecified atom stereocenters. The largest absolute Gasteiger partial charge is 0.481 e. The smallest absolute Gasteiger partial charge is 0.303 e. The number of carbonyl (C=O) groups is 1. The summed E-state index contributed by atoms with van der Waals surface area (Å²) in [5, 5.41) is 12.8. The molecular weight excluding hydrogens is 422 g/mol. The lowest BCUT2D eigenvalue weighted by atomic mass is 9.70. The maximum Gasteiger partial charge on any atom is 0.303 e. The van der Waals surface area contributed by atoms with Crippen LogP contribution in [0.25, 0.3) is 11.0 Å². The Labute approximate surface area is 203 Å². The number of imidazole rings is 1. The molecule has 2 aromatic carbocycles. The van der Waals surface area contributed by atoms with Crippen molar-refractivity contribution in [3.63, 3.8) is 0 Å². The first-order valence-corrected chi connectivity index (χ1v) is 12.6. The Bertz CT molecular complexity index is 1170. The van der Waals surface area contributed by atoms with E-state index in [9.17, 15) is 4.79 Å². The Morgan fingerprint density at radius 1 is 1.21 bits per heavy atom. The van der Waals surface area contributed by atoms with Crippen LogP contribution in [0, 0.1) is 18.3 Å². The van der Waals surface area contributed by atoms with Crippen molar-refractivity contribution < 1.29 is 9.90 Å². The van der Waals surface area contributed by atoms with Gasteiger partial charge < -0.3 is 15.0 Å². The van der Waals surface area contributed by atoms with E-state index < -0.39 is 5.97 Å². The molecule has 0 radical (unpaired) electrons. The number of nitrogens with zero attached hydrogens (tertiary/aromatic N) is 2. The van der Waals surface area contributed by atoms with Crippen LogP contribution < -0.4 is 5.32 Å². The second kappa shape index (κ2) is 9.44. The highest BCUT2D eigenvalue weighted by molar-refractivity contribution is 5.82. The topological polar surface area (TPSA) is 67.2 Å². The molecular formula is C29H39N3O2. The van der Waals surface area contributed by atoms with Gasteiger partial charge in [0.25, 0.3) is 0 Å². The van der Waals surface area contributed by atoms with Crippen LogP contribution in [-0.4, -0.2) is 20.6 Å². The molecule has 0 saturated heterocycles. The number of aromatic nitrogens is 2. The summed E-state index contributed by atoms with van der Waals surface area (Å²) in [5.41, 5.74) is 6.89. The van der Waals surface area contributed by atoms with Crippen LogP contribution in [0.1, 0.15) is 89.0 Å². The first-order valence-electron chi connectivity index (χ1n) is 12.6. The number of rotatable bonds is 7. The van der Waals surface area contributed by atoms with Gasteiger partial charge >= 0.3 is 5.97 Å². The van der Waals surface area contributed by atoms with Crippen molar-refractivity contribution in [1.82, 2.24) is 9.55 Å². The van der Waals surface area contributed by atoms with E-state index in [4.69, 9.17) is 10.1 Å². The maximum absolute atomic E-state index is 11.1. The minimum Gasteiger partial charge on any atom is -0.481 e. The van der Waals surface area contributed by atoms with Gasteiger partial charge in [-0.05, 0) is 90.8 Å². The third-order valence-corrected chi connectivity index (χ3v) is 7.32. The number of nitrogens with one attached hydrogen (secondary N) is 1. The van der Waals surface area contributed by atoms with E-state index in [0.717, 1.165) is 46.6 Å². The minimum absolute atomic E-state index is 0.134. The summed E-state index contributed by atoms with van der Waals surface area (Å²) >= 11 is 0. The van der Waals surface area contributed by atoms with Crippen LogP contribution in [0.3, 0.4) is 0 Å². The second-order valence-corrected chi connectivity index (χ2v) is 11.4. The molecule has 34 heavy (non-hydrogen) atoms. The molecule has 5 nitrogen and oxygen atoms in total. The molecule has 0 bridgehead atoms. The Morgan fingerprint density at radius 2 is 1.91 bits per heavy atom. The molecule has 2 N–H and O–H groups in total. The third-order valence-electron chi connectivity index (χ3n) is 7.32. The number of anilines is 2. The molecule has 1 aliphatic rings. The van der Waals surface area contributed by atoms with Crippen LogP contribution >= 0.6 is 0 Å². The molecule has 1 aliphatic carbocycles. The molecule has 0 amide bonds. The molecule has 3 aromatic rings. The number of carboxylic acid groups (broad SMARTS) is 1. The number of aliphatic carboxylic acids is 1. The minimum atomic E-state index is -0.768. The van der Waals surface area contributed by atoms with Crippen molar-refractivity contribution in [3.05, 3.63) is 53.1 Å². The highest BCUT2D eigenvalue weighted by atomic mass is 16.4. The molecule has 1 saturated carbocycles. The molecule has 0 aliphatic heterocycles. The first-order chi connectivity index (χ1) is 16.0. The summed E-state index contributed by atoms with van der Waals surface area (Å²) in [6.07, 6.45) is 4.15. The van der Waals surface area contributed by atoms with Gasteiger partial charge in [-0.1, -0.05) is 46.8 Å². The van der Waals surface area contributed by atoms with Gasteiger partial charge in [-0.15, -0.1) is 0 Å². The van der Waals surface area contributed by atoms with Crippen molar-refractivity contribution in [1.29, 1.82) is 0 Å². The molecule has 2 atom stereocenters. The quantitative estimate of drug-likeness (QED) is 0.380. The standard InChI is InChI=1S/C29H39N3O2/c1-18(2)21-7-10-23(11-8-21)30-28-31-25-15-22(9-12-27(33)34)20(4)14-26(25)32(28)24-13-19(3)16-29(5,6)17-24/h7-8,10-11,14-15,18-19,24H,9,12-13,16-17H2,1-6H3,(H,30,31)(H,33,34)/t19-,24-/m0/s1. The summed E-state index contributed by atoms with van der Waals surface area (Å²) in [5.74, 6) is 1.25. The molecule has 5 heteroatoms. The van der Waals surface area contributed by atoms with E-state index in [-0.39, 0.29) is 11.8 Å². The molecule has 1 heterocycles. The predicted molar refractivity (Wildman–Crippen MR) is 140 cm³/mol. The van der Waals surface area contributed by atoms with Crippen LogP contribution in [0.2, 0.25) is 0 Å². The number of carboxylic acids is 1. The monoisotopic (exact) mass is 461 g/mol. The summed E-state index contributed by atoms with van der Waals surface area (Å²) < 4.78 is 2.41. The Kier molecular flexibility index (Phi) is 6.75. The van der Waals surface area contributed by atoms with Crippen molar-refractivity contribution in [2.75, 3.05) is 5.32 Å². The van der Waals surface area contributed by atoms with E-state index in [2.05, 4.69) is 87.8 Å². The van der Waals surface area contributed by atoms with Crippen molar-refractivity contribution >= 4 is 28.6 Å². The average Bonchev–Trinajstić information content (AvgIpc) is 3.07. The molecule has 182 valence electrons. The lowest BCUT2D eigenvalue weighted by molar-refractivity contribution is -0.136. The predicted octanol–water partition coefficient (Wildman–Crippen LogP) is 7.62. The highest BCUT2D eigenvalue weighted by Gasteiger charge is 2.34. The van der Waals surface area contributed by atoms with Gasteiger partial charge in [0.05, 0.1) is 11.0 Å². The average molecular weight is 462 g/mol. The lowest BCUT2D eigenvalue weighted by Crippen LogP contribution is -2.29. The number of hydrogen-bond donors (Lipinski definition) is 2. The normalized spacial score (nSPS) is 20.1. The highest BCUT2D eigenvalue weighted by Crippen LogP contribution is 2.46. The summed E-state index contributed by atoms with van der Waals surface area (Å²) in [7, 11) is 0. The van der Waals surface area contributed by atoms with E-state index >= 15 is 0 Å². The zero-order chi connectivity index (χ0) is 24.6. The van der Waals surface area contributed by atoms with Gasteiger partial charge in [0.1, 0.15) is 0 Å². The summed E-state index contributed by atoms with van der Waals surface area (Å²) in [6.45, 7) is 13.6. The van der Waals surface area contributed by atoms with Gasteiger partial charge in [0.2, 0.25) is 5.95 Å². The molecule has 4 rings (SSSR count). The third kappa shape index (κ3) is 5.29. The molecule has 1 fully saturated rings. The van der Waals surface area contributed by atoms with E-state index in [0.29, 0.717) is 24.3 Å². The molecule has 0 spiro atoms. The van der Waals surface area contributed by atoms with Gasteiger partial charge in [0.15, 0.2) is 0 Å². The van der Waals surface area contributed by atoms with Crippen molar-refractivity contribution in [2.45, 2.75) is 85.6 Å². The second-order valence-electron chi connectivity index (χ2n) is 11.4. The van der Waals surface area contributed by atoms with Crippen molar-refractivity contribution in [2.24, 2.45) is 11.3 Å². The van der Waals surface area contributed by atoms with E-state index in [1.54, 1.807) is 0 Å². The van der Waals surface area contributed by atoms with E-state index in [1.165, 1.54) is 12.0 Å². The number of aryl methyl sites for hydroxylation is 2. The fourth-order valence-electron chi connectivity index (χ4n) is 5.83. The SMILES string of the molecule is Cc1cc2c(cc1CCC(=O)O)nc(Nc1ccc(C(C)C)cc1)n2[C@H]1C[C@H](C)CC(C)(C)C1. The van der Waals surface area contributed by atoms with E-state index in [1.807, 2.05) is 0 Å². The number of benzene rings is 2. The Morgan fingerprint density at radius 3 is 2.53 bits per heavy atom. The van der Waals surface area contributed by atoms with Crippen LogP contribution in [0.4, 0.5) is 11.6 Å². The van der Waals surface area contributed by atoms with Gasteiger partial charge in [-0.3, -0.25) is 4.79 Å². The Hall–Kier alpha value is -2.82.